The van der Waals surface area contributed by atoms with Crippen molar-refractivity contribution in [1.29, 1.82) is 0 Å². The number of rotatable bonds is 7. The summed E-state index contributed by atoms with van der Waals surface area (Å²) in [6, 6.07) is -0.0753. The average Bonchev–Trinajstić information content (AvgIpc) is 3.29. The van der Waals surface area contributed by atoms with Crippen LogP contribution < -0.4 is 5.32 Å². The zero-order chi connectivity index (χ0) is 21.4. The first-order valence-electron chi connectivity index (χ1n) is 8.62. The summed E-state index contributed by atoms with van der Waals surface area (Å²) >= 11 is 0. The molecule has 2 amide bonds. The van der Waals surface area contributed by atoms with E-state index < -0.39 is 0 Å². The van der Waals surface area contributed by atoms with Gasteiger partial charge in [-0.05, 0) is 13.3 Å². The van der Waals surface area contributed by atoms with Gasteiger partial charge in [-0.2, -0.15) is 0 Å². The molecule has 0 aliphatic carbocycles. The Hall–Kier alpha value is -3.37. The molecule has 0 atom stereocenters. The smallest absolute Gasteiger partial charge is 0.318 e. The quantitative estimate of drug-likeness (QED) is 0.596. The normalized spacial score (nSPS) is 9.25. The van der Waals surface area contributed by atoms with Crippen molar-refractivity contribution in [1.82, 2.24) is 29.3 Å². The number of hydrogen-bond acceptors (Lipinski definition) is 5. The number of nitrogens with one attached hydrogen (secondary N) is 1. The zero-order valence-electron chi connectivity index (χ0n) is 16.4. The largest absolute Gasteiger partial charge is 0.483 e. The minimum atomic E-state index is -0.250. The highest BCUT2D eigenvalue weighted by atomic mass is 16.3. The lowest BCUT2D eigenvalue weighted by molar-refractivity contribution is -0.123. The molecule has 0 spiro atoms. The maximum Gasteiger partial charge on any atom is 0.318 e. The lowest BCUT2D eigenvalue weighted by atomic mass is 10.4. The molecule has 0 saturated heterocycles. The first kappa shape index (κ1) is 24.6. The van der Waals surface area contributed by atoms with Gasteiger partial charge in [0.05, 0.1) is 25.1 Å². The van der Waals surface area contributed by atoms with Crippen LogP contribution in [0, 0.1) is 0 Å². The molecule has 28 heavy (non-hydrogen) atoms. The van der Waals surface area contributed by atoms with Crippen molar-refractivity contribution in [2.24, 2.45) is 7.05 Å². The Morgan fingerprint density at radius 2 is 1.93 bits per heavy atom. The second-order valence-electron chi connectivity index (χ2n) is 5.42. The minimum absolute atomic E-state index is 0.0753. The summed E-state index contributed by atoms with van der Waals surface area (Å²) in [7, 11) is 1.93. The third kappa shape index (κ3) is 8.83. The van der Waals surface area contributed by atoms with Crippen LogP contribution in [-0.4, -0.2) is 59.7 Å². The van der Waals surface area contributed by atoms with Gasteiger partial charge >= 0.3 is 6.03 Å². The van der Waals surface area contributed by atoms with Crippen LogP contribution in [0.15, 0.2) is 24.9 Å². The van der Waals surface area contributed by atoms with Crippen molar-refractivity contribution < 1.29 is 24.6 Å². The molecule has 0 unspecified atom stereocenters. The van der Waals surface area contributed by atoms with Gasteiger partial charge in [0.25, 0.3) is 12.9 Å². The monoisotopic (exact) mass is 396 g/mol. The van der Waals surface area contributed by atoms with E-state index in [9.17, 15) is 4.79 Å². The molecule has 2 aromatic heterocycles. The molecule has 11 heteroatoms. The molecule has 156 valence electrons. The molecule has 3 N–H and O–H groups in total. The summed E-state index contributed by atoms with van der Waals surface area (Å²) in [5.41, 5.74) is 1.00. The van der Waals surface area contributed by atoms with E-state index in [1.54, 1.807) is 23.6 Å². The summed E-state index contributed by atoms with van der Waals surface area (Å²) in [5.74, 6) is 0.877. The van der Waals surface area contributed by atoms with Crippen molar-refractivity contribution in [2.45, 2.75) is 39.9 Å². The maximum atomic E-state index is 12.4. The molecular weight excluding hydrogens is 368 g/mol. The average molecular weight is 396 g/mol. The van der Waals surface area contributed by atoms with Crippen LogP contribution in [0.4, 0.5) is 4.79 Å². The molecule has 0 aliphatic heterocycles. The Balaban J connectivity index is 0.00000108. The van der Waals surface area contributed by atoms with E-state index in [-0.39, 0.29) is 19.0 Å². The summed E-state index contributed by atoms with van der Waals surface area (Å²) in [6.45, 7) is 6.15. The van der Waals surface area contributed by atoms with Crippen molar-refractivity contribution in [3.63, 3.8) is 0 Å². The van der Waals surface area contributed by atoms with Crippen LogP contribution >= 0.6 is 0 Å². The number of aromatic nitrogens is 4. The van der Waals surface area contributed by atoms with Gasteiger partial charge in [-0.25, -0.2) is 14.8 Å². The summed E-state index contributed by atoms with van der Waals surface area (Å²) in [6.07, 6.45) is 8.10. The number of hydrogen-bond donors (Lipinski definition) is 3. The minimum Gasteiger partial charge on any atom is -0.483 e. The van der Waals surface area contributed by atoms with Crippen LogP contribution in [0.25, 0.3) is 0 Å². The number of aryl methyl sites for hydroxylation is 2. The van der Waals surface area contributed by atoms with Gasteiger partial charge in [-0.3, -0.25) is 9.59 Å². The molecule has 0 aromatic carbocycles. The van der Waals surface area contributed by atoms with Crippen LogP contribution in [0.1, 0.15) is 31.8 Å². The summed E-state index contributed by atoms with van der Waals surface area (Å²) < 4.78 is 3.95. The second-order valence-corrected chi connectivity index (χ2v) is 5.42. The number of imidazole rings is 2. The molecule has 2 rings (SSSR count). The Bertz CT molecular complexity index is 694. The molecule has 0 radical (unpaired) electrons. The SMILES string of the molecule is CCCN(Cc1nccn1C)C(=O)NCc1cncn1CC.O=CO.O=CO. The van der Waals surface area contributed by atoms with E-state index in [2.05, 4.69) is 29.1 Å². The van der Waals surface area contributed by atoms with Gasteiger partial charge < -0.3 is 29.6 Å². The molecule has 0 bridgehead atoms. The fraction of sp³-hybridized carbons (Fsp3) is 0.471. The highest BCUT2D eigenvalue weighted by molar-refractivity contribution is 5.74. The lowest BCUT2D eigenvalue weighted by Gasteiger charge is -2.22. The van der Waals surface area contributed by atoms with E-state index in [1.807, 2.05) is 22.4 Å². The van der Waals surface area contributed by atoms with Crippen LogP contribution in [0.5, 0.6) is 0 Å². The van der Waals surface area contributed by atoms with E-state index in [4.69, 9.17) is 19.8 Å². The fourth-order valence-electron chi connectivity index (χ4n) is 2.30. The Morgan fingerprint density at radius 1 is 1.29 bits per heavy atom. The molecule has 0 fully saturated rings. The van der Waals surface area contributed by atoms with Crippen molar-refractivity contribution >= 4 is 19.0 Å². The Labute approximate surface area is 163 Å². The van der Waals surface area contributed by atoms with Crippen molar-refractivity contribution in [3.05, 3.63) is 36.4 Å². The third-order valence-electron chi connectivity index (χ3n) is 3.59. The van der Waals surface area contributed by atoms with Crippen LogP contribution in [0.3, 0.4) is 0 Å². The second kappa shape index (κ2) is 14.8. The predicted molar refractivity (Wildman–Crippen MR) is 101 cm³/mol. The molecule has 2 aromatic rings. The zero-order valence-corrected chi connectivity index (χ0v) is 16.4. The highest BCUT2D eigenvalue weighted by Crippen LogP contribution is 2.04. The van der Waals surface area contributed by atoms with Crippen molar-refractivity contribution in [3.8, 4) is 0 Å². The summed E-state index contributed by atoms with van der Waals surface area (Å²) in [4.78, 5) is 39.3. The van der Waals surface area contributed by atoms with Gasteiger partial charge in [0, 0.05) is 38.7 Å². The van der Waals surface area contributed by atoms with Crippen LogP contribution in [-0.2, 0) is 36.3 Å². The number of nitrogens with zero attached hydrogens (tertiary/aromatic N) is 5. The number of carboxylic acid groups (broad SMARTS) is 2. The molecule has 0 saturated carbocycles. The lowest BCUT2D eigenvalue weighted by Crippen LogP contribution is -2.40. The molecular formula is C17H28N6O5. The third-order valence-corrected chi connectivity index (χ3v) is 3.59. The van der Waals surface area contributed by atoms with E-state index in [0.29, 0.717) is 19.6 Å². The molecule has 2 heterocycles. The fourth-order valence-corrected chi connectivity index (χ4v) is 2.30. The van der Waals surface area contributed by atoms with Gasteiger partial charge in [-0.1, -0.05) is 6.92 Å². The molecule has 0 aliphatic rings. The predicted octanol–water partition coefficient (Wildman–Crippen LogP) is 1.16. The topological polar surface area (TPSA) is 143 Å². The van der Waals surface area contributed by atoms with E-state index >= 15 is 0 Å². The van der Waals surface area contributed by atoms with Crippen molar-refractivity contribution in [2.75, 3.05) is 6.54 Å². The Morgan fingerprint density at radius 3 is 2.43 bits per heavy atom. The number of urea groups is 1. The van der Waals surface area contributed by atoms with Gasteiger partial charge in [0.15, 0.2) is 0 Å². The highest BCUT2D eigenvalue weighted by Gasteiger charge is 2.15. The first-order valence-corrected chi connectivity index (χ1v) is 8.62. The summed E-state index contributed by atoms with van der Waals surface area (Å²) in [5, 5.41) is 16.7. The standard InChI is InChI=1S/C15H24N6O.2CH2O2/c1-4-7-21(11-14-17-6-8-19(14)3)15(22)18-10-13-9-16-12-20(13)5-2;2*2-1-3/h6,8-9,12H,4-5,7,10-11H2,1-3H3,(H,18,22);2*1H,(H,2,3). The van der Waals surface area contributed by atoms with Gasteiger partial charge in [-0.15, -0.1) is 0 Å². The number of carbonyl (C=O) groups is 3. The maximum absolute atomic E-state index is 12.4. The number of carbonyl (C=O) groups excluding carboxylic acids is 1. The number of amides is 2. The van der Waals surface area contributed by atoms with E-state index in [1.165, 1.54) is 0 Å². The van der Waals surface area contributed by atoms with Crippen LogP contribution in [0.2, 0.25) is 0 Å². The van der Waals surface area contributed by atoms with Gasteiger partial charge in [0.1, 0.15) is 5.82 Å². The molecule has 11 nitrogen and oxygen atoms in total. The Kier molecular flexibility index (Phi) is 13.0. The van der Waals surface area contributed by atoms with E-state index in [0.717, 1.165) is 24.5 Å². The van der Waals surface area contributed by atoms with Gasteiger partial charge in [0.2, 0.25) is 0 Å². The first-order chi connectivity index (χ1) is 13.5.